The fourth-order valence-corrected chi connectivity index (χ4v) is 3.13. The lowest BCUT2D eigenvalue weighted by atomic mass is 9.83. The van der Waals surface area contributed by atoms with E-state index < -0.39 is 0 Å². The molecule has 1 amide bonds. The number of ether oxygens (including phenoxy) is 2. The van der Waals surface area contributed by atoms with Crippen molar-refractivity contribution in [2.75, 3.05) is 19.8 Å². The largest absolute Gasteiger partial charge is 0.356 e. The molecule has 0 aliphatic heterocycles. The maximum absolute atomic E-state index is 12.3. The van der Waals surface area contributed by atoms with E-state index in [2.05, 4.69) is 29.6 Å². The van der Waals surface area contributed by atoms with E-state index in [-0.39, 0.29) is 18.1 Å². The van der Waals surface area contributed by atoms with Gasteiger partial charge in [-0.2, -0.15) is 0 Å². The van der Waals surface area contributed by atoms with Gasteiger partial charge in [-0.05, 0) is 50.7 Å². The fourth-order valence-electron chi connectivity index (χ4n) is 3.13. The van der Waals surface area contributed by atoms with Gasteiger partial charge in [0.25, 0.3) is 0 Å². The lowest BCUT2D eigenvalue weighted by molar-refractivity contribution is -0.140. The minimum Gasteiger partial charge on any atom is -0.356 e. The third-order valence-corrected chi connectivity index (χ3v) is 4.34. The molecule has 1 aliphatic rings. The average Bonchev–Trinajstić information content (AvgIpc) is 2.58. The monoisotopic (exact) mass is 319 g/mol. The van der Waals surface area contributed by atoms with Gasteiger partial charge in [-0.25, -0.2) is 0 Å². The Labute approximate surface area is 139 Å². The van der Waals surface area contributed by atoms with Crippen LogP contribution in [-0.2, 0) is 27.1 Å². The number of benzene rings is 1. The average molecular weight is 319 g/mol. The lowest BCUT2D eigenvalue weighted by Gasteiger charge is -2.24. The summed E-state index contributed by atoms with van der Waals surface area (Å²) in [5.41, 5.74) is 2.72. The number of hydrogen-bond donors (Lipinski definition) is 1. The summed E-state index contributed by atoms with van der Waals surface area (Å²) in [6.07, 6.45) is 4.36. The Hall–Kier alpha value is -1.39. The molecule has 23 heavy (non-hydrogen) atoms. The highest BCUT2D eigenvalue weighted by Crippen LogP contribution is 2.25. The summed E-state index contributed by atoms with van der Waals surface area (Å²) in [5.74, 6) is 0.295. The molecular formula is C19H29NO3. The molecule has 1 aromatic rings. The van der Waals surface area contributed by atoms with E-state index in [0.717, 1.165) is 32.1 Å². The molecule has 2 rings (SSSR count). The Morgan fingerprint density at radius 3 is 2.61 bits per heavy atom. The van der Waals surface area contributed by atoms with Gasteiger partial charge in [-0.3, -0.25) is 4.79 Å². The van der Waals surface area contributed by atoms with Crippen LogP contribution in [0.3, 0.4) is 0 Å². The van der Waals surface area contributed by atoms with Crippen LogP contribution in [0, 0.1) is 5.92 Å². The third kappa shape index (κ3) is 5.63. The molecule has 0 saturated heterocycles. The molecule has 0 aromatic heterocycles. The Bertz CT molecular complexity index is 483. The van der Waals surface area contributed by atoms with Crippen molar-refractivity contribution in [3.05, 3.63) is 35.4 Å². The van der Waals surface area contributed by atoms with Gasteiger partial charge in [-0.15, -0.1) is 0 Å². The van der Waals surface area contributed by atoms with Gasteiger partial charge in [0.15, 0.2) is 6.29 Å². The first-order valence-corrected chi connectivity index (χ1v) is 8.82. The molecule has 1 N–H and O–H groups in total. The molecule has 0 bridgehead atoms. The van der Waals surface area contributed by atoms with Gasteiger partial charge >= 0.3 is 0 Å². The Kier molecular flexibility index (Phi) is 7.56. The van der Waals surface area contributed by atoms with Crippen molar-refractivity contribution in [2.24, 2.45) is 5.92 Å². The van der Waals surface area contributed by atoms with Crippen molar-refractivity contribution in [3.8, 4) is 0 Å². The van der Waals surface area contributed by atoms with Crippen LogP contribution in [0.25, 0.3) is 0 Å². The number of fused-ring (bicyclic) bond motifs is 1. The second kappa shape index (κ2) is 9.68. The van der Waals surface area contributed by atoms with E-state index >= 15 is 0 Å². The van der Waals surface area contributed by atoms with Crippen LogP contribution in [0.15, 0.2) is 24.3 Å². The second-order valence-electron chi connectivity index (χ2n) is 5.98. The standard InChI is InChI=1S/C19H29NO3/c1-3-22-18(23-4-2)10-7-13-20-19(21)17-12-11-15-8-5-6-9-16(15)14-17/h5-6,8-9,17-18H,3-4,7,10-14H2,1-2H3,(H,20,21). The predicted molar refractivity (Wildman–Crippen MR) is 91.2 cm³/mol. The summed E-state index contributed by atoms with van der Waals surface area (Å²) in [7, 11) is 0. The molecular weight excluding hydrogens is 290 g/mol. The van der Waals surface area contributed by atoms with Crippen LogP contribution in [-0.4, -0.2) is 32.0 Å². The maximum atomic E-state index is 12.3. The van der Waals surface area contributed by atoms with E-state index in [0.29, 0.717) is 19.8 Å². The summed E-state index contributed by atoms with van der Waals surface area (Å²) < 4.78 is 11.0. The maximum Gasteiger partial charge on any atom is 0.223 e. The molecule has 4 heteroatoms. The van der Waals surface area contributed by atoms with Crippen molar-refractivity contribution in [1.82, 2.24) is 5.32 Å². The molecule has 0 saturated carbocycles. The summed E-state index contributed by atoms with van der Waals surface area (Å²) in [5, 5.41) is 3.07. The van der Waals surface area contributed by atoms with Gasteiger partial charge in [0.2, 0.25) is 5.91 Å². The molecule has 1 aromatic carbocycles. The highest BCUT2D eigenvalue weighted by Gasteiger charge is 2.24. The zero-order chi connectivity index (χ0) is 16.5. The first-order chi connectivity index (χ1) is 11.2. The van der Waals surface area contributed by atoms with Crippen LogP contribution in [0.5, 0.6) is 0 Å². The SMILES string of the molecule is CCOC(CCCNC(=O)C1CCc2ccccc2C1)OCC. The number of aryl methyl sites for hydroxylation is 1. The molecule has 4 nitrogen and oxygen atoms in total. The minimum atomic E-state index is -0.150. The number of nitrogens with one attached hydrogen (secondary N) is 1. The summed E-state index contributed by atoms with van der Waals surface area (Å²) >= 11 is 0. The van der Waals surface area contributed by atoms with Gasteiger partial charge < -0.3 is 14.8 Å². The third-order valence-electron chi connectivity index (χ3n) is 4.34. The number of carbonyl (C=O) groups excluding carboxylic acids is 1. The number of carbonyl (C=O) groups is 1. The van der Waals surface area contributed by atoms with Gasteiger partial charge in [0, 0.05) is 32.1 Å². The molecule has 0 spiro atoms. The molecule has 0 heterocycles. The lowest BCUT2D eigenvalue weighted by Crippen LogP contribution is -2.35. The van der Waals surface area contributed by atoms with E-state index in [1.807, 2.05) is 13.8 Å². The van der Waals surface area contributed by atoms with Crippen molar-refractivity contribution < 1.29 is 14.3 Å². The summed E-state index contributed by atoms with van der Waals surface area (Å²) in [4.78, 5) is 12.3. The Balaban J connectivity index is 1.69. The molecule has 1 unspecified atom stereocenters. The van der Waals surface area contributed by atoms with E-state index in [4.69, 9.17) is 9.47 Å². The van der Waals surface area contributed by atoms with Crippen molar-refractivity contribution in [1.29, 1.82) is 0 Å². The highest BCUT2D eigenvalue weighted by molar-refractivity contribution is 5.79. The first-order valence-electron chi connectivity index (χ1n) is 8.82. The molecule has 1 aliphatic carbocycles. The molecule has 128 valence electrons. The van der Waals surface area contributed by atoms with Gasteiger partial charge in [-0.1, -0.05) is 24.3 Å². The number of amides is 1. The van der Waals surface area contributed by atoms with Crippen LogP contribution in [0.2, 0.25) is 0 Å². The summed E-state index contributed by atoms with van der Waals surface area (Å²) in [6, 6.07) is 8.45. The highest BCUT2D eigenvalue weighted by atomic mass is 16.7. The van der Waals surface area contributed by atoms with Crippen molar-refractivity contribution in [3.63, 3.8) is 0 Å². The fraction of sp³-hybridized carbons (Fsp3) is 0.632. The molecule has 1 atom stereocenters. The summed E-state index contributed by atoms with van der Waals surface area (Å²) in [6.45, 7) is 5.92. The zero-order valence-corrected chi connectivity index (χ0v) is 14.3. The molecule has 0 fully saturated rings. The quantitative estimate of drug-likeness (QED) is 0.562. The van der Waals surface area contributed by atoms with Crippen LogP contribution >= 0.6 is 0 Å². The van der Waals surface area contributed by atoms with E-state index in [1.165, 1.54) is 11.1 Å². The van der Waals surface area contributed by atoms with Gasteiger partial charge in [0.1, 0.15) is 0 Å². The Morgan fingerprint density at radius 2 is 1.91 bits per heavy atom. The normalized spacial score (nSPS) is 17.1. The van der Waals surface area contributed by atoms with Crippen LogP contribution in [0.4, 0.5) is 0 Å². The van der Waals surface area contributed by atoms with Crippen molar-refractivity contribution in [2.45, 2.75) is 52.2 Å². The van der Waals surface area contributed by atoms with E-state index in [1.54, 1.807) is 0 Å². The second-order valence-corrected chi connectivity index (χ2v) is 5.98. The van der Waals surface area contributed by atoms with E-state index in [9.17, 15) is 4.79 Å². The number of rotatable bonds is 9. The van der Waals surface area contributed by atoms with Gasteiger partial charge in [0.05, 0.1) is 0 Å². The predicted octanol–water partition coefficient (Wildman–Crippen LogP) is 3.09. The molecule has 0 radical (unpaired) electrons. The number of hydrogen-bond acceptors (Lipinski definition) is 3. The minimum absolute atomic E-state index is 0.111. The zero-order valence-electron chi connectivity index (χ0n) is 14.3. The Morgan fingerprint density at radius 1 is 1.22 bits per heavy atom. The van der Waals surface area contributed by atoms with Crippen molar-refractivity contribution >= 4 is 5.91 Å². The first kappa shape index (κ1) is 18.0. The van der Waals surface area contributed by atoms with Crippen LogP contribution < -0.4 is 5.32 Å². The van der Waals surface area contributed by atoms with Crippen LogP contribution in [0.1, 0.15) is 44.2 Å². The smallest absolute Gasteiger partial charge is 0.223 e. The topological polar surface area (TPSA) is 47.6 Å².